The molecule has 1 N–H and O–H groups in total. The largest absolute Gasteiger partial charge is 0.420 e. The first-order valence-corrected chi connectivity index (χ1v) is 8.96. The van der Waals surface area contributed by atoms with Crippen molar-refractivity contribution in [2.75, 3.05) is 0 Å². The molecule has 0 fully saturated rings. The highest BCUT2D eigenvalue weighted by Crippen LogP contribution is 2.23. The van der Waals surface area contributed by atoms with Crippen LogP contribution in [-0.2, 0) is 11.3 Å². The molecule has 1 amide bonds. The van der Waals surface area contributed by atoms with Crippen LogP contribution in [0.5, 0.6) is 0 Å². The second kappa shape index (κ2) is 7.23. The minimum atomic E-state index is -0.564. The monoisotopic (exact) mass is 364 g/mol. The summed E-state index contributed by atoms with van der Waals surface area (Å²) in [4.78, 5) is 25.5. The van der Waals surface area contributed by atoms with Crippen LogP contribution >= 0.6 is 22.9 Å². The molecule has 2 aromatic heterocycles. The van der Waals surface area contributed by atoms with Crippen LogP contribution < -0.4 is 11.1 Å². The summed E-state index contributed by atoms with van der Waals surface area (Å²) >= 11 is 7.51. The van der Waals surface area contributed by atoms with Crippen molar-refractivity contribution in [3.8, 4) is 0 Å². The summed E-state index contributed by atoms with van der Waals surface area (Å²) in [5.74, 6) is -0.785. The smallest absolute Gasteiger partial charge is 0.408 e. The zero-order valence-electron chi connectivity index (χ0n) is 13.1. The van der Waals surface area contributed by atoms with E-state index >= 15 is 0 Å². The van der Waals surface area contributed by atoms with Crippen LogP contribution in [0.2, 0.25) is 5.02 Å². The Bertz CT molecular complexity index is 898. The van der Waals surface area contributed by atoms with E-state index in [1.807, 2.05) is 17.5 Å². The predicted octanol–water partition coefficient (Wildman–Crippen LogP) is 3.97. The lowest BCUT2D eigenvalue weighted by molar-refractivity contribution is -0.122. The number of oxazole rings is 1. The van der Waals surface area contributed by atoms with Gasteiger partial charge in [0.1, 0.15) is 6.54 Å². The Morgan fingerprint density at radius 2 is 2.25 bits per heavy atom. The highest BCUT2D eigenvalue weighted by molar-refractivity contribution is 7.10. The topological polar surface area (TPSA) is 64.2 Å². The third-order valence-electron chi connectivity index (χ3n) is 3.73. The van der Waals surface area contributed by atoms with Gasteiger partial charge in [0.15, 0.2) is 5.58 Å². The van der Waals surface area contributed by atoms with E-state index in [0.717, 1.165) is 17.7 Å². The Labute approximate surface area is 147 Å². The van der Waals surface area contributed by atoms with Crippen LogP contribution in [0.25, 0.3) is 11.1 Å². The van der Waals surface area contributed by atoms with Crippen LogP contribution in [0.3, 0.4) is 0 Å². The fourth-order valence-corrected chi connectivity index (χ4v) is 3.61. The summed E-state index contributed by atoms with van der Waals surface area (Å²) in [5, 5.41) is 5.47. The first kappa shape index (κ1) is 16.8. The van der Waals surface area contributed by atoms with Crippen molar-refractivity contribution in [3.05, 3.63) is 56.2 Å². The molecule has 5 nitrogen and oxygen atoms in total. The van der Waals surface area contributed by atoms with Crippen LogP contribution in [-0.4, -0.2) is 10.5 Å². The van der Waals surface area contributed by atoms with E-state index in [4.69, 9.17) is 16.0 Å². The number of carbonyl (C=O) groups is 1. The minimum absolute atomic E-state index is 0.0363. The van der Waals surface area contributed by atoms with Crippen LogP contribution in [0.15, 0.2) is 44.9 Å². The normalized spacial score (nSPS) is 12.4. The molecule has 126 valence electrons. The highest BCUT2D eigenvalue weighted by Gasteiger charge is 2.17. The van der Waals surface area contributed by atoms with E-state index in [1.54, 1.807) is 29.5 Å². The molecule has 3 rings (SSSR count). The number of nitrogens with zero attached hydrogens (tertiary/aromatic N) is 1. The Morgan fingerprint density at radius 3 is 2.96 bits per heavy atom. The second-order valence-electron chi connectivity index (χ2n) is 5.49. The number of fused-ring (bicyclic) bond motifs is 1. The fourth-order valence-electron chi connectivity index (χ4n) is 2.64. The molecular formula is C17H17ClN2O3S. The van der Waals surface area contributed by atoms with Crippen molar-refractivity contribution in [2.45, 2.75) is 32.4 Å². The van der Waals surface area contributed by atoms with Crippen LogP contribution in [0.4, 0.5) is 0 Å². The number of hydrogen-bond donors (Lipinski definition) is 1. The maximum atomic E-state index is 12.4. The average molecular weight is 365 g/mol. The number of thiophene rings is 1. The quantitative estimate of drug-likeness (QED) is 0.719. The number of aromatic nitrogens is 1. The molecule has 2 heterocycles. The summed E-state index contributed by atoms with van der Waals surface area (Å²) in [7, 11) is 0. The second-order valence-corrected chi connectivity index (χ2v) is 6.91. The molecule has 0 aliphatic carbocycles. The number of nitrogens with one attached hydrogen (secondary N) is 1. The van der Waals surface area contributed by atoms with Gasteiger partial charge < -0.3 is 9.73 Å². The summed E-state index contributed by atoms with van der Waals surface area (Å²) < 4.78 is 6.47. The lowest BCUT2D eigenvalue weighted by Crippen LogP contribution is -2.33. The Kier molecular flexibility index (Phi) is 5.06. The first-order chi connectivity index (χ1) is 11.6. The van der Waals surface area contributed by atoms with Gasteiger partial charge in [0, 0.05) is 16.0 Å². The summed E-state index contributed by atoms with van der Waals surface area (Å²) in [5.41, 5.74) is 0.936. The molecule has 0 bridgehead atoms. The minimum Gasteiger partial charge on any atom is -0.408 e. The summed E-state index contributed by atoms with van der Waals surface area (Å²) in [6.07, 6.45) is 1.80. The molecular weight excluding hydrogens is 348 g/mol. The van der Waals surface area contributed by atoms with E-state index < -0.39 is 5.76 Å². The molecule has 0 radical (unpaired) electrons. The summed E-state index contributed by atoms with van der Waals surface area (Å²) in [6.45, 7) is 1.99. The average Bonchev–Trinajstić information content (AvgIpc) is 3.16. The standard InChI is InChI=1S/C17H17ClN2O3S/c1-2-4-12(15-5-3-8-24-15)19-16(21)10-20-13-7-6-11(18)9-14(13)23-17(20)22/h3,5-9,12H,2,4,10H2,1H3,(H,19,21)/t12-/m0/s1. The number of rotatable bonds is 6. The van der Waals surface area contributed by atoms with E-state index in [0.29, 0.717) is 16.1 Å². The van der Waals surface area contributed by atoms with E-state index in [1.165, 1.54) is 4.57 Å². The van der Waals surface area contributed by atoms with Crippen LogP contribution in [0.1, 0.15) is 30.7 Å². The van der Waals surface area contributed by atoms with Gasteiger partial charge in [-0.15, -0.1) is 11.3 Å². The van der Waals surface area contributed by atoms with Gasteiger partial charge in [0.25, 0.3) is 0 Å². The van der Waals surface area contributed by atoms with Gasteiger partial charge in [0.05, 0.1) is 11.6 Å². The maximum Gasteiger partial charge on any atom is 0.420 e. The number of halogens is 1. The number of amides is 1. The molecule has 3 aromatic rings. The van der Waals surface area contributed by atoms with Crippen molar-refractivity contribution < 1.29 is 9.21 Å². The number of benzene rings is 1. The molecule has 1 atom stereocenters. The van der Waals surface area contributed by atoms with E-state index in [-0.39, 0.29) is 18.5 Å². The molecule has 7 heteroatoms. The first-order valence-electron chi connectivity index (χ1n) is 7.70. The Morgan fingerprint density at radius 1 is 1.42 bits per heavy atom. The molecule has 0 spiro atoms. The highest BCUT2D eigenvalue weighted by atomic mass is 35.5. The van der Waals surface area contributed by atoms with E-state index in [9.17, 15) is 9.59 Å². The third-order valence-corrected chi connectivity index (χ3v) is 4.95. The third kappa shape index (κ3) is 3.55. The molecule has 24 heavy (non-hydrogen) atoms. The van der Waals surface area contributed by atoms with Crippen molar-refractivity contribution in [2.24, 2.45) is 0 Å². The van der Waals surface area contributed by atoms with Gasteiger partial charge in [-0.3, -0.25) is 9.36 Å². The van der Waals surface area contributed by atoms with Crippen molar-refractivity contribution in [1.82, 2.24) is 9.88 Å². The molecule has 0 saturated heterocycles. The van der Waals surface area contributed by atoms with Gasteiger partial charge >= 0.3 is 5.76 Å². The van der Waals surface area contributed by atoms with E-state index in [2.05, 4.69) is 12.2 Å². The van der Waals surface area contributed by atoms with Gasteiger partial charge in [-0.2, -0.15) is 0 Å². The lowest BCUT2D eigenvalue weighted by atomic mass is 10.1. The van der Waals surface area contributed by atoms with Gasteiger partial charge in [-0.25, -0.2) is 4.79 Å². The number of carbonyl (C=O) groups excluding carboxylic acids is 1. The molecule has 0 aliphatic heterocycles. The van der Waals surface area contributed by atoms with Crippen molar-refractivity contribution in [1.29, 1.82) is 0 Å². The van der Waals surface area contributed by atoms with Gasteiger partial charge in [-0.05, 0) is 30.0 Å². The summed E-state index contributed by atoms with van der Waals surface area (Å²) in [6, 6.07) is 8.85. The zero-order chi connectivity index (χ0) is 17.1. The zero-order valence-corrected chi connectivity index (χ0v) is 14.7. The molecule has 0 aliphatic rings. The van der Waals surface area contributed by atoms with Crippen molar-refractivity contribution in [3.63, 3.8) is 0 Å². The predicted molar refractivity (Wildman–Crippen MR) is 95.6 cm³/mol. The molecule has 0 unspecified atom stereocenters. The maximum absolute atomic E-state index is 12.4. The van der Waals surface area contributed by atoms with Crippen LogP contribution in [0, 0.1) is 0 Å². The van der Waals surface area contributed by atoms with Gasteiger partial charge in [0.2, 0.25) is 5.91 Å². The molecule has 1 aromatic carbocycles. The SMILES string of the molecule is CCC[C@H](NC(=O)Cn1c(=O)oc2cc(Cl)ccc21)c1cccs1. The number of hydrogen-bond acceptors (Lipinski definition) is 4. The van der Waals surface area contributed by atoms with Crippen molar-refractivity contribution >= 4 is 39.9 Å². The Balaban J connectivity index is 1.79. The van der Waals surface area contributed by atoms with Gasteiger partial charge in [-0.1, -0.05) is 31.0 Å². The Hall–Kier alpha value is -2.05. The lowest BCUT2D eigenvalue weighted by Gasteiger charge is -2.16. The molecule has 0 saturated carbocycles. The fraction of sp³-hybridized carbons (Fsp3) is 0.294.